The Labute approximate surface area is 272 Å². The molecule has 3 aliphatic rings. The summed E-state index contributed by atoms with van der Waals surface area (Å²) in [6.07, 6.45) is 13.1. The number of halogens is 2. The third-order valence-electron chi connectivity index (χ3n) is 8.95. The zero-order valence-corrected chi connectivity index (χ0v) is 26.0. The predicted molar refractivity (Wildman–Crippen MR) is 177 cm³/mol. The molecular weight excluding hydrogens is 607 g/mol. The average molecular weight is 643 g/mol. The van der Waals surface area contributed by atoms with Crippen molar-refractivity contribution in [2.75, 3.05) is 17.2 Å². The molecule has 6 rings (SSSR count). The molecule has 5 N–H and O–H groups in total. The molecule has 1 saturated heterocycles. The normalized spacial score (nSPS) is 22.1. The number of urea groups is 1. The van der Waals surface area contributed by atoms with Gasteiger partial charge in [0, 0.05) is 31.0 Å². The van der Waals surface area contributed by atoms with Crippen molar-refractivity contribution in [2.24, 2.45) is 16.6 Å². The molecule has 46 heavy (non-hydrogen) atoms. The fourth-order valence-electron chi connectivity index (χ4n) is 6.12. The van der Waals surface area contributed by atoms with E-state index in [2.05, 4.69) is 20.6 Å². The van der Waals surface area contributed by atoms with Crippen LogP contribution in [0.5, 0.6) is 0 Å². The number of hydrogen-bond acceptors (Lipinski definition) is 6. The standard InChI is InChI=1S/C35H36ClFN6O3/c36-26-13-15-31(40-21-26)42-33(45)43-22-34(46,24-7-3-1-4-8-24)20-29(43)32(44)41-28-19-25(12-14-27(28)37)35(38,17-16-23-10-11-23)30-9-5-2-6-18-39-30/h1-8,12-15,18-19,21,23,29,46H,9-11,16-17,20,22,38H2,(H,41,44)(H,40,42,45)/t29-,34-,35?/m1/s1. The van der Waals surface area contributed by atoms with E-state index in [1.807, 2.05) is 24.3 Å². The highest BCUT2D eigenvalue weighted by molar-refractivity contribution is 6.30. The second-order valence-corrected chi connectivity index (χ2v) is 12.7. The third-order valence-corrected chi connectivity index (χ3v) is 9.17. The van der Waals surface area contributed by atoms with Crippen LogP contribution in [0.2, 0.25) is 5.02 Å². The molecule has 2 fully saturated rings. The zero-order valence-electron chi connectivity index (χ0n) is 25.2. The lowest BCUT2D eigenvalue weighted by Crippen LogP contribution is -2.46. The van der Waals surface area contributed by atoms with E-state index in [0.717, 1.165) is 12.1 Å². The van der Waals surface area contributed by atoms with Crippen molar-refractivity contribution in [3.05, 3.63) is 113 Å². The summed E-state index contributed by atoms with van der Waals surface area (Å²) in [6.45, 7) is -0.176. The lowest BCUT2D eigenvalue weighted by atomic mass is 9.79. The van der Waals surface area contributed by atoms with Gasteiger partial charge in [-0.3, -0.25) is 15.1 Å². The van der Waals surface area contributed by atoms with Gasteiger partial charge in [0.2, 0.25) is 5.91 Å². The van der Waals surface area contributed by atoms with Crippen LogP contribution in [0.25, 0.3) is 0 Å². The highest BCUT2D eigenvalue weighted by Gasteiger charge is 2.49. The molecule has 1 aliphatic carbocycles. The minimum Gasteiger partial charge on any atom is -0.383 e. The summed E-state index contributed by atoms with van der Waals surface area (Å²) >= 11 is 5.94. The number of aromatic nitrogens is 1. The van der Waals surface area contributed by atoms with Crippen molar-refractivity contribution in [1.29, 1.82) is 0 Å². The topological polar surface area (TPSA) is 133 Å². The van der Waals surface area contributed by atoms with Crippen LogP contribution in [-0.2, 0) is 15.9 Å². The van der Waals surface area contributed by atoms with Crippen molar-refractivity contribution < 1.29 is 19.1 Å². The first-order chi connectivity index (χ1) is 22.1. The number of benzene rings is 2. The van der Waals surface area contributed by atoms with Crippen molar-refractivity contribution in [3.63, 3.8) is 0 Å². The number of aliphatic hydroxyl groups is 1. The van der Waals surface area contributed by atoms with E-state index in [0.29, 0.717) is 34.9 Å². The minimum atomic E-state index is -1.53. The van der Waals surface area contributed by atoms with E-state index in [1.54, 1.807) is 48.7 Å². The molecule has 0 radical (unpaired) electrons. The lowest BCUT2D eigenvalue weighted by Gasteiger charge is -2.32. The number of nitrogens with one attached hydrogen (secondary N) is 2. The van der Waals surface area contributed by atoms with Gasteiger partial charge in [0.25, 0.3) is 0 Å². The number of anilines is 2. The molecule has 2 aliphatic heterocycles. The number of likely N-dealkylation sites (tertiary alicyclic amines) is 1. The second-order valence-electron chi connectivity index (χ2n) is 12.2. The first kappa shape index (κ1) is 31.6. The molecule has 1 unspecified atom stereocenters. The Bertz CT molecular complexity index is 1690. The van der Waals surface area contributed by atoms with E-state index in [4.69, 9.17) is 17.3 Å². The summed E-state index contributed by atoms with van der Waals surface area (Å²) in [5.41, 5.74) is 6.47. The molecule has 11 heteroatoms. The molecule has 1 saturated carbocycles. The molecule has 9 nitrogen and oxygen atoms in total. The van der Waals surface area contributed by atoms with Crippen LogP contribution in [0.15, 0.2) is 96.3 Å². The van der Waals surface area contributed by atoms with Crippen LogP contribution >= 0.6 is 11.6 Å². The van der Waals surface area contributed by atoms with E-state index in [9.17, 15) is 14.7 Å². The van der Waals surface area contributed by atoms with Crippen LogP contribution in [0, 0.1) is 11.7 Å². The smallest absolute Gasteiger partial charge is 0.323 e. The van der Waals surface area contributed by atoms with Crippen LogP contribution in [0.3, 0.4) is 0 Å². The summed E-state index contributed by atoms with van der Waals surface area (Å²) in [4.78, 5) is 37.4. The Kier molecular flexibility index (Phi) is 9.04. The number of β-amino-alcohol motifs (C(OH)–C–C–N with tert-alkyl or cyclic N) is 1. The van der Waals surface area contributed by atoms with Crippen LogP contribution < -0.4 is 16.4 Å². The summed E-state index contributed by atoms with van der Waals surface area (Å²) in [7, 11) is 0. The Hall–Kier alpha value is -4.38. The van der Waals surface area contributed by atoms with Gasteiger partial charge in [0.1, 0.15) is 23.3 Å². The third kappa shape index (κ3) is 6.89. The molecule has 0 bridgehead atoms. The Morgan fingerprint density at radius 2 is 1.91 bits per heavy atom. The van der Waals surface area contributed by atoms with E-state index in [1.165, 1.54) is 36.1 Å². The number of hydrogen-bond donors (Lipinski definition) is 4. The Balaban J connectivity index is 1.29. The monoisotopic (exact) mass is 642 g/mol. The minimum absolute atomic E-state index is 0.0704. The highest BCUT2D eigenvalue weighted by atomic mass is 35.5. The number of rotatable bonds is 9. The van der Waals surface area contributed by atoms with E-state index < -0.39 is 34.9 Å². The maximum absolute atomic E-state index is 15.4. The molecular formula is C35H36ClFN6O3. The molecule has 2 aromatic carbocycles. The molecule has 238 valence electrons. The number of carbonyl (C=O) groups excluding carboxylic acids is 2. The van der Waals surface area contributed by atoms with Gasteiger partial charge < -0.3 is 21.1 Å². The van der Waals surface area contributed by atoms with Gasteiger partial charge in [-0.25, -0.2) is 14.2 Å². The number of nitrogens with two attached hydrogens (primary N) is 1. The molecule has 0 spiro atoms. The number of amides is 3. The number of aliphatic imine (C=N–C) groups is 1. The molecule has 3 aromatic rings. The fraction of sp³-hybridized carbons (Fsp3) is 0.314. The number of nitrogens with zero attached hydrogens (tertiary/aromatic N) is 3. The number of carbonyl (C=O) groups is 2. The highest BCUT2D eigenvalue weighted by Crippen LogP contribution is 2.40. The van der Waals surface area contributed by atoms with Crippen molar-refractivity contribution >= 4 is 40.8 Å². The quantitative estimate of drug-likeness (QED) is 0.219. The Morgan fingerprint density at radius 1 is 1.11 bits per heavy atom. The number of allylic oxidation sites excluding steroid dienone is 3. The van der Waals surface area contributed by atoms with Crippen LogP contribution in [-0.4, -0.2) is 45.2 Å². The van der Waals surface area contributed by atoms with Gasteiger partial charge in [-0.2, -0.15) is 0 Å². The van der Waals surface area contributed by atoms with Crippen LogP contribution in [0.4, 0.5) is 20.7 Å². The maximum atomic E-state index is 15.4. The predicted octanol–water partition coefficient (Wildman–Crippen LogP) is 6.27. The van der Waals surface area contributed by atoms with Crippen molar-refractivity contribution in [2.45, 2.75) is 55.7 Å². The van der Waals surface area contributed by atoms with Gasteiger partial charge >= 0.3 is 6.03 Å². The molecule has 1 aromatic heterocycles. The van der Waals surface area contributed by atoms with Gasteiger partial charge in [0.15, 0.2) is 0 Å². The average Bonchev–Trinajstić information content (AvgIpc) is 3.87. The maximum Gasteiger partial charge on any atom is 0.323 e. The molecule has 3 heterocycles. The first-order valence-corrected chi connectivity index (χ1v) is 15.8. The number of pyridine rings is 1. The largest absolute Gasteiger partial charge is 0.383 e. The fourth-order valence-corrected chi connectivity index (χ4v) is 6.23. The lowest BCUT2D eigenvalue weighted by molar-refractivity contribution is -0.119. The summed E-state index contributed by atoms with van der Waals surface area (Å²) < 4.78 is 15.4. The van der Waals surface area contributed by atoms with Gasteiger partial charge in [0.05, 0.1) is 22.8 Å². The van der Waals surface area contributed by atoms with Gasteiger partial charge in [-0.1, -0.05) is 73.0 Å². The molecule has 3 atom stereocenters. The van der Waals surface area contributed by atoms with Gasteiger partial charge in [-0.05, 0) is 60.2 Å². The van der Waals surface area contributed by atoms with Gasteiger partial charge in [-0.15, -0.1) is 0 Å². The Morgan fingerprint density at radius 3 is 2.65 bits per heavy atom. The van der Waals surface area contributed by atoms with E-state index in [-0.39, 0.29) is 24.5 Å². The second kappa shape index (κ2) is 13.2. The SMILES string of the molecule is NC(CCC1CC1)(C1=NC=CC=CC1)c1ccc(F)c(NC(=O)[C@H]2C[C@](O)(c3ccccc3)CN2C(=O)Nc2ccc(Cl)cn2)c1. The van der Waals surface area contributed by atoms with Crippen molar-refractivity contribution in [3.8, 4) is 0 Å². The zero-order chi connectivity index (χ0) is 32.3. The summed E-state index contributed by atoms with van der Waals surface area (Å²) in [5.74, 6) is -0.465. The van der Waals surface area contributed by atoms with Crippen LogP contribution in [0.1, 0.15) is 49.7 Å². The summed E-state index contributed by atoms with van der Waals surface area (Å²) in [6, 6.07) is 14.6. The summed E-state index contributed by atoms with van der Waals surface area (Å²) in [5, 5.41) is 17.5. The van der Waals surface area contributed by atoms with Crippen molar-refractivity contribution in [1.82, 2.24) is 9.88 Å². The first-order valence-electron chi connectivity index (χ1n) is 15.4. The molecule has 3 amide bonds. The van der Waals surface area contributed by atoms with E-state index >= 15 is 4.39 Å².